The van der Waals surface area contributed by atoms with Crippen molar-refractivity contribution in [1.82, 2.24) is 10.6 Å². The second-order valence-corrected chi connectivity index (χ2v) is 4.18. The maximum absolute atomic E-state index is 11.6. The highest BCUT2D eigenvalue weighted by atomic mass is 32.2. The van der Waals surface area contributed by atoms with Gasteiger partial charge in [-0.1, -0.05) is 11.8 Å². The van der Waals surface area contributed by atoms with Crippen molar-refractivity contribution < 1.29 is 9.90 Å². The third-order valence-electron chi connectivity index (χ3n) is 2.11. The normalized spacial score (nSPS) is 10.7. The van der Waals surface area contributed by atoms with E-state index in [9.17, 15) is 4.79 Å². The summed E-state index contributed by atoms with van der Waals surface area (Å²) in [4.78, 5) is 15.8. The molecule has 0 heterocycles. The highest BCUT2D eigenvalue weighted by molar-refractivity contribution is 8.13. The van der Waals surface area contributed by atoms with Crippen molar-refractivity contribution in [2.24, 2.45) is 4.99 Å². The molecule has 0 fully saturated rings. The van der Waals surface area contributed by atoms with E-state index in [2.05, 4.69) is 15.6 Å². The predicted octanol–water partition coefficient (Wildman–Crippen LogP) is 0.830. The topological polar surface area (TPSA) is 97.5 Å². The minimum Gasteiger partial charge on any atom is -0.395 e. The van der Waals surface area contributed by atoms with Crippen molar-refractivity contribution in [2.75, 3.05) is 19.4 Å². The molecule has 0 saturated heterocycles. The zero-order valence-corrected chi connectivity index (χ0v) is 11.2. The first-order valence-corrected chi connectivity index (χ1v) is 6.70. The molecule has 0 aliphatic heterocycles. The van der Waals surface area contributed by atoms with Gasteiger partial charge < -0.3 is 10.4 Å². The zero-order valence-electron chi connectivity index (χ0n) is 10.4. The maximum atomic E-state index is 11.6. The number of nitrogens with one attached hydrogen (secondary N) is 2. The van der Waals surface area contributed by atoms with Gasteiger partial charge in [-0.2, -0.15) is 5.26 Å². The Morgan fingerprint density at radius 2 is 2.16 bits per heavy atom. The molecule has 0 spiro atoms. The Labute approximate surface area is 115 Å². The number of aliphatic hydroxyl groups is 1. The molecule has 0 aromatic heterocycles. The lowest BCUT2D eigenvalue weighted by Crippen LogP contribution is -2.26. The fourth-order valence-corrected chi connectivity index (χ4v) is 1.59. The molecule has 0 atom stereocenters. The molecular weight excluding hydrogens is 264 g/mol. The number of carbonyl (C=O) groups is 1. The van der Waals surface area contributed by atoms with Crippen LogP contribution in [0.15, 0.2) is 29.3 Å². The van der Waals surface area contributed by atoms with E-state index >= 15 is 0 Å². The number of aliphatic imine (C=N–C) groups is 1. The van der Waals surface area contributed by atoms with Crippen molar-refractivity contribution in [2.45, 2.75) is 0 Å². The van der Waals surface area contributed by atoms with Gasteiger partial charge in [0.05, 0.1) is 12.3 Å². The van der Waals surface area contributed by atoms with Crippen LogP contribution >= 0.6 is 11.8 Å². The van der Waals surface area contributed by atoms with E-state index in [1.165, 1.54) is 11.8 Å². The van der Waals surface area contributed by atoms with Crippen molar-refractivity contribution in [3.05, 3.63) is 29.8 Å². The fraction of sp³-hybridized carbons (Fsp3) is 0.250. The average Bonchev–Trinajstić information content (AvgIpc) is 2.45. The molecule has 3 N–H and O–H groups in total. The van der Waals surface area contributed by atoms with Crippen LogP contribution in [0.3, 0.4) is 0 Å². The van der Waals surface area contributed by atoms with Crippen LogP contribution in [-0.4, -0.2) is 35.6 Å². The maximum Gasteiger partial charge on any atom is 0.251 e. The van der Waals surface area contributed by atoms with E-state index in [4.69, 9.17) is 10.4 Å². The Kier molecular flexibility index (Phi) is 6.43. The first-order chi connectivity index (χ1) is 9.21. The summed E-state index contributed by atoms with van der Waals surface area (Å²) in [7, 11) is 0. The lowest BCUT2D eigenvalue weighted by atomic mass is 10.2. The van der Waals surface area contributed by atoms with Crippen LogP contribution in [0.1, 0.15) is 10.4 Å². The minimum atomic E-state index is -0.246. The first kappa shape index (κ1) is 15.0. The van der Waals surface area contributed by atoms with E-state index in [0.29, 0.717) is 16.4 Å². The van der Waals surface area contributed by atoms with Gasteiger partial charge >= 0.3 is 0 Å². The second-order valence-electron chi connectivity index (χ2n) is 3.38. The summed E-state index contributed by atoms with van der Waals surface area (Å²) >= 11 is 1.32. The molecule has 1 amide bonds. The predicted molar refractivity (Wildman–Crippen MR) is 75.2 cm³/mol. The van der Waals surface area contributed by atoms with Gasteiger partial charge in [-0.15, -0.1) is 0 Å². The molecule has 0 saturated carbocycles. The highest BCUT2D eigenvalue weighted by Crippen LogP contribution is 2.15. The quantitative estimate of drug-likeness (QED) is 0.328. The van der Waals surface area contributed by atoms with Gasteiger partial charge in [-0.05, 0) is 30.5 Å². The van der Waals surface area contributed by atoms with Gasteiger partial charge in [-0.3, -0.25) is 10.1 Å². The third-order valence-corrected chi connectivity index (χ3v) is 2.69. The van der Waals surface area contributed by atoms with Gasteiger partial charge in [0.25, 0.3) is 5.91 Å². The summed E-state index contributed by atoms with van der Waals surface area (Å²) < 4.78 is 0. The fourth-order valence-electron chi connectivity index (χ4n) is 1.25. The SMILES string of the molecule is CSC(=Nc1ccc(C(=O)NCCO)cc1)NC#N. The number of hydrogen-bond acceptors (Lipinski definition) is 5. The molecule has 1 rings (SSSR count). The van der Waals surface area contributed by atoms with Gasteiger partial charge in [0.2, 0.25) is 0 Å². The minimum absolute atomic E-state index is 0.0922. The van der Waals surface area contributed by atoms with E-state index in [0.717, 1.165) is 0 Å². The Balaban J connectivity index is 2.76. The molecule has 1 aromatic carbocycles. The molecule has 1 aromatic rings. The summed E-state index contributed by atoms with van der Waals surface area (Å²) in [6.07, 6.45) is 3.61. The number of nitriles is 1. The van der Waals surface area contributed by atoms with E-state index in [-0.39, 0.29) is 19.1 Å². The van der Waals surface area contributed by atoms with Crippen molar-refractivity contribution in [3.63, 3.8) is 0 Å². The monoisotopic (exact) mass is 278 g/mol. The van der Waals surface area contributed by atoms with Crippen molar-refractivity contribution in [1.29, 1.82) is 5.26 Å². The van der Waals surface area contributed by atoms with Crippen molar-refractivity contribution in [3.8, 4) is 6.19 Å². The molecule has 0 aliphatic carbocycles. The van der Waals surface area contributed by atoms with E-state index in [1.54, 1.807) is 36.7 Å². The summed E-state index contributed by atoms with van der Waals surface area (Å²) in [6.45, 7) is 0.131. The lowest BCUT2D eigenvalue weighted by molar-refractivity contribution is 0.0945. The van der Waals surface area contributed by atoms with E-state index < -0.39 is 0 Å². The Morgan fingerprint density at radius 1 is 1.47 bits per heavy atom. The van der Waals surface area contributed by atoms with Gasteiger partial charge in [0.15, 0.2) is 11.4 Å². The molecule has 6 nitrogen and oxygen atoms in total. The van der Waals surface area contributed by atoms with Crippen LogP contribution in [0.25, 0.3) is 0 Å². The Hall–Kier alpha value is -2.04. The van der Waals surface area contributed by atoms with Crippen LogP contribution in [0.2, 0.25) is 0 Å². The zero-order chi connectivity index (χ0) is 14.1. The van der Waals surface area contributed by atoms with Crippen LogP contribution < -0.4 is 10.6 Å². The summed E-state index contributed by atoms with van der Waals surface area (Å²) in [6, 6.07) is 6.64. The molecule has 0 unspecified atom stereocenters. The molecule has 0 bridgehead atoms. The van der Waals surface area contributed by atoms with Gasteiger partial charge in [0.1, 0.15) is 0 Å². The molecular formula is C12H14N4O2S. The van der Waals surface area contributed by atoms with Crippen molar-refractivity contribution >= 4 is 28.5 Å². The number of thioether (sulfide) groups is 1. The van der Waals surface area contributed by atoms with Crippen LogP contribution in [0.5, 0.6) is 0 Å². The Morgan fingerprint density at radius 3 is 2.68 bits per heavy atom. The number of benzene rings is 1. The molecule has 100 valence electrons. The summed E-state index contributed by atoms with van der Waals surface area (Å²) in [5.41, 5.74) is 1.14. The number of hydrogen-bond donors (Lipinski definition) is 3. The van der Waals surface area contributed by atoms with Crippen LogP contribution in [-0.2, 0) is 0 Å². The molecule has 0 radical (unpaired) electrons. The van der Waals surface area contributed by atoms with Crippen LogP contribution in [0, 0.1) is 11.5 Å². The van der Waals surface area contributed by atoms with Crippen LogP contribution in [0.4, 0.5) is 5.69 Å². The number of nitrogens with zero attached hydrogens (tertiary/aromatic N) is 2. The molecule has 0 aliphatic rings. The Bertz CT molecular complexity index is 493. The smallest absolute Gasteiger partial charge is 0.251 e. The van der Waals surface area contributed by atoms with Gasteiger partial charge in [-0.25, -0.2) is 4.99 Å². The summed E-state index contributed by atoms with van der Waals surface area (Å²) in [5, 5.41) is 22.6. The average molecular weight is 278 g/mol. The molecule has 19 heavy (non-hydrogen) atoms. The third kappa shape index (κ3) is 4.99. The number of carbonyl (C=O) groups excluding carboxylic acids is 1. The molecule has 7 heteroatoms. The second kappa shape index (κ2) is 8.13. The first-order valence-electron chi connectivity index (χ1n) is 5.48. The number of amides is 1. The van der Waals surface area contributed by atoms with Gasteiger partial charge in [0, 0.05) is 12.1 Å². The number of aliphatic hydroxyl groups excluding tert-OH is 1. The number of amidine groups is 1. The summed E-state index contributed by atoms with van der Waals surface area (Å²) in [5.74, 6) is -0.246. The number of rotatable bonds is 4. The van der Waals surface area contributed by atoms with E-state index in [1.807, 2.05) is 0 Å². The lowest BCUT2D eigenvalue weighted by Gasteiger charge is -2.04. The standard InChI is InChI=1S/C12H14N4O2S/c1-19-12(15-8-13)16-10-4-2-9(3-5-10)11(18)14-6-7-17/h2-5,17H,6-7H2,1H3,(H,14,18)(H,15,16). The highest BCUT2D eigenvalue weighted by Gasteiger charge is 2.04. The largest absolute Gasteiger partial charge is 0.395 e.